The van der Waals surface area contributed by atoms with E-state index in [9.17, 15) is 14.9 Å². The van der Waals surface area contributed by atoms with E-state index in [1.807, 2.05) is 0 Å². The second-order valence-electron chi connectivity index (χ2n) is 5.04. The lowest BCUT2D eigenvalue weighted by atomic mass is 9.99. The summed E-state index contributed by atoms with van der Waals surface area (Å²) in [4.78, 5) is 25.0. The fraction of sp³-hybridized carbons (Fsp3) is 0.357. The lowest BCUT2D eigenvalue weighted by molar-refractivity contribution is -0.384. The Morgan fingerprint density at radius 2 is 2.05 bits per heavy atom. The maximum Gasteiger partial charge on any atom is 0.270 e. The van der Waals surface area contributed by atoms with Crippen LogP contribution in [0.4, 0.5) is 5.69 Å². The molecule has 1 heterocycles. The zero-order chi connectivity index (χ0) is 13.4. The molecule has 1 aromatic carbocycles. The van der Waals surface area contributed by atoms with Crippen LogP contribution in [0.15, 0.2) is 18.2 Å². The SMILES string of the molecule is O=Cc1c(C2CCCC2)[nH]c2ccc([N+](=O)[O-])cc12. The summed E-state index contributed by atoms with van der Waals surface area (Å²) in [6, 6.07) is 4.62. The van der Waals surface area contributed by atoms with E-state index in [1.54, 1.807) is 6.07 Å². The Labute approximate surface area is 109 Å². The lowest BCUT2D eigenvalue weighted by Gasteiger charge is -2.07. The number of aldehydes is 1. The van der Waals surface area contributed by atoms with Crippen molar-refractivity contribution < 1.29 is 9.72 Å². The number of nitrogens with zero attached hydrogens (tertiary/aromatic N) is 1. The van der Waals surface area contributed by atoms with Crippen LogP contribution in [-0.4, -0.2) is 16.2 Å². The van der Waals surface area contributed by atoms with E-state index < -0.39 is 4.92 Å². The highest BCUT2D eigenvalue weighted by Gasteiger charge is 2.23. The van der Waals surface area contributed by atoms with Crippen molar-refractivity contribution in [3.63, 3.8) is 0 Å². The van der Waals surface area contributed by atoms with Gasteiger partial charge in [-0.15, -0.1) is 0 Å². The molecule has 1 N–H and O–H groups in total. The van der Waals surface area contributed by atoms with Gasteiger partial charge in [0.2, 0.25) is 0 Å². The molecule has 2 aromatic rings. The molecule has 0 aliphatic heterocycles. The van der Waals surface area contributed by atoms with Crippen molar-refractivity contribution in [1.29, 1.82) is 0 Å². The summed E-state index contributed by atoms with van der Waals surface area (Å²) in [5.74, 6) is 0.381. The molecule has 1 aliphatic rings. The molecule has 19 heavy (non-hydrogen) atoms. The van der Waals surface area contributed by atoms with Gasteiger partial charge in [0.1, 0.15) is 0 Å². The zero-order valence-electron chi connectivity index (χ0n) is 10.4. The van der Waals surface area contributed by atoms with Crippen molar-refractivity contribution in [1.82, 2.24) is 4.98 Å². The number of aromatic nitrogens is 1. The van der Waals surface area contributed by atoms with Gasteiger partial charge in [-0.1, -0.05) is 12.8 Å². The summed E-state index contributed by atoms with van der Waals surface area (Å²) in [5, 5.41) is 11.5. The van der Waals surface area contributed by atoms with Crippen LogP contribution >= 0.6 is 0 Å². The van der Waals surface area contributed by atoms with Gasteiger partial charge < -0.3 is 4.98 Å². The van der Waals surface area contributed by atoms with Crippen LogP contribution in [-0.2, 0) is 0 Å². The van der Waals surface area contributed by atoms with Gasteiger partial charge >= 0.3 is 0 Å². The maximum absolute atomic E-state index is 11.4. The fourth-order valence-corrected chi connectivity index (χ4v) is 3.00. The number of hydrogen-bond acceptors (Lipinski definition) is 3. The molecular formula is C14H14N2O3. The summed E-state index contributed by atoms with van der Waals surface area (Å²) < 4.78 is 0. The Bertz CT molecular complexity index is 654. The van der Waals surface area contributed by atoms with Gasteiger partial charge in [-0.3, -0.25) is 14.9 Å². The van der Waals surface area contributed by atoms with Gasteiger partial charge in [0.15, 0.2) is 6.29 Å². The fourth-order valence-electron chi connectivity index (χ4n) is 3.00. The van der Waals surface area contributed by atoms with E-state index in [1.165, 1.54) is 25.0 Å². The Morgan fingerprint density at radius 1 is 1.32 bits per heavy atom. The molecule has 5 heteroatoms. The second kappa shape index (κ2) is 4.50. The number of rotatable bonds is 3. The molecular weight excluding hydrogens is 244 g/mol. The Balaban J connectivity index is 2.18. The third-order valence-corrected chi connectivity index (χ3v) is 3.94. The number of nitrogens with one attached hydrogen (secondary N) is 1. The van der Waals surface area contributed by atoms with Crippen LogP contribution in [0.5, 0.6) is 0 Å². The molecule has 5 nitrogen and oxygen atoms in total. The number of fused-ring (bicyclic) bond motifs is 1. The highest BCUT2D eigenvalue weighted by Crippen LogP contribution is 2.38. The largest absolute Gasteiger partial charge is 0.358 e. The number of H-pyrrole nitrogens is 1. The number of carbonyl (C=O) groups is 1. The topological polar surface area (TPSA) is 76.0 Å². The second-order valence-corrected chi connectivity index (χ2v) is 5.04. The number of aromatic amines is 1. The van der Waals surface area contributed by atoms with Crippen LogP contribution in [0, 0.1) is 10.1 Å². The van der Waals surface area contributed by atoms with Gasteiger partial charge in [-0.2, -0.15) is 0 Å². The maximum atomic E-state index is 11.4. The normalized spacial score (nSPS) is 16.0. The third kappa shape index (κ3) is 1.91. The summed E-state index contributed by atoms with van der Waals surface area (Å²) in [5.41, 5.74) is 2.36. The van der Waals surface area contributed by atoms with Crippen LogP contribution in [0.2, 0.25) is 0 Å². The summed E-state index contributed by atoms with van der Waals surface area (Å²) in [6.45, 7) is 0. The average Bonchev–Trinajstić information content (AvgIpc) is 3.04. The number of benzene rings is 1. The molecule has 3 rings (SSSR count). The van der Waals surface area contributed by atoms with Crippen LogP contribution in [0.25, 0.3) is 10.9 Å². The van der Waals surface area contributed by atoms with Crippen molar-refractivity contribution >= 4 is 22.9 Å². The molecule has 1 fully saturated rings. The highest BCUT2D eigenvalue weighted by atomic mass is 16.6. The standard InChI is InChI=1S/C14H14N2O3/c17-8-12-11-7-10(16(18)19)5-6-13(11)15-14(12)9-3-1-2-4-9/h5-9,15H,1-4H2. The van der Waals surface area contributed by atoms with Crippen LogP contribution < -0.4 is 0 Å². The smallest absolute Gasteiger partial charge is 0.270 e. The van der Waals surface area contributed by atoms with Crippen molar-refractivity contribution in [2.45, 2.75) is 31.6 Å². The van der Waals surface area contributed by atoms with Gasteiger partial charge in [0.05, 0.1) is 4.92 Å². The monoisotopic (exact) mass is 258 g/mol. The molecule has 0 amide bonds. The van der Waals surface area contributed by atoms with E-state index in [2.05, 4.69) is 4.98 Å². The summed E-state index contributed by atoms with van der Waals surface area (Å²) >= 11 is 0. The molecule has 0 atom stereocenters. The minimum Gasteiger partial charge on any atom is -0.358 e. The minimum atomic E-state index is -0.434. The molecule has 0 spiro atoms. The predicted molar refractivity (Wildman–Crippen MR) is 71.5 cm³/mol. The van der Waals surface area contributed by atoms with Crippen molar-refractivity contribution in [2.24, 2.45) is 0 Å². The predicted octanol–water partition coefficient (Wildman–Crippen LogP) is 3.55. The number of hydrogen-bond donors (Lipinski definition) is 1. The zero-order valence-corrected chi connectivity index (χ0v) is 10.4. The number of nitro benzene ring substituents is 1. The van der Waals surface area contributed by atoms with Crippen molar-refractivity contribution in [3.05, 3.63) is 39.6 Å². The molecule has 0 unspecified atom stereocenters. The third-order valence-electron chi connectivity index (χ3n) is 3.94. The number of non-ortho nitro benzene ring substituents is 1. The van der Waals surface area contributed by atoms with Gasteiger partial charge in [-0.05, 0) is 24.8 Å². The number of carbonyl (C=O) groups excluding carboxylic acids is 1. The number of nitro groups is 1. The first kappa shape index (κ1) is 11.9. The molecule has 1 aromatic heterocycles. The van der Waals surface area contributed by atoms with Crippen molar-refractivity contribution in [3.8, 4) is 0 Å². The van der Waals surface area contributed by atoms with Gasteiger partial charge in [0, 0.05) is 34.3 Å². The van der Waals surface area contributed by atoms with E-state index in [0.717, 1.165) is 30.3 Å². The van der Waals surface area contributed by atoms with E-state index in [-0.39, 0.29) is 5.69 Å². The van der Waals surface area contributed by atoms with Gasteiger partial charge in [0.25, 0.3) is 5.69 Å². The van der Waals surface area contributed by atoms with Crippen LogP contribution in [0.1, 0.15) is 47.7 Å². The Morgan fingerprint density at radius 3 is 2.68 bits per heavy atom. The first-order valence-corrected chi connectivity index (χ1v) is 6.46. The van der Waals surface area contributed by atoms with E-state index in [4.69, 9.17) is 0 Å². The average molecular weight is 258 g/mol. The Hall–Kier alpha value is -2.17. The Kier molecular flexibility index (Phi) is 2.81. The summed E-state index contributed by atoms with van der Waals surface area (Å²) in [7, 11) is 0. The summed E-state index contributed by atoms with van der Waals surface area (Å²) in [6.07, 6.45) is 5.33. The van der Waals surface area contributed by atoms with Gasteiger partial charge in [-0.25, -0.2) is 0 Å². The molecule has 0 radical (unpaired) electrons. The van der Waals surface area contributed by atoms with E-state index >= 15 is 0 Å². The van der Waals surface area contributed by atoms with E-state index in [0.29, 0.717) is 16.9 Å². The van der Waals surface area contributed by atoms with Crippen molar-refractivity contribution in [2.75, 3.05) is 0 Å². The molecule has 1 aliphatic carbocycles. The first-order valence-electron chi connectivity index (χ1n) is 6.46. The lowest BCUT2D eigenvalue weighted by Crippen LogP contribution is -1.96. The molecule has 1 saturated carbocycles. The highest BCUT2D eigenvalue weighted by molar-refractivity contribution is 6.00. The first-order chi connectivity index (χ1) is 9.20. The quantitative estimate of drug-likeness (QED) is 0.519. The molecule has 98 valence electrons. The molecule has 0 saturated heterocycles. The van der Waals surface area contributed by atoms with Crippen LogP contribution in [0.3, 0.4) is 0 Å². The molecule has 0 bridgehead atoms. The minimum absolute atomic E-state index is 0.0209.